The molecule has 0 amide bonds. The summed E-state index contributed by atoms with van der Waals surface area (Å²) in [4.78, 5) is 0. The van der Waals surface area contributed by atoms with Gasteiger partial charge in [-0.05, 0) is 29.5 Å². The minimum atomic E-state index is -0.920. The van der Waals surface area contributed by atoms with Crippen LogP contribution in [-0.4, -0.2) is 0 Å². The second kappa shape index (κ2) is 5.76. The first-order valence-corrected chi connectivity index (χ1v) is 6.76. The number of benzene rings is 2. The zero-order chi connectivity index (χ0) is 15.7. The fraction of sp³-hybridized carbons (Fsp3) is 0.222. The van der Waals surface area contributed by atoms with Crippen LogP contribution < -0.4 is 0 Å². The molecule has 21 heavy (non-hydrogen) atoms. The molecule has 0 saturated carbocycles. The average molecular weight is 290 g/mol. The third-order valence-electron chi connectivity index (χ3n) is 3.42. The quantitative estimate of drug-likeness (QED) is 0.657. The highest BCUT2D eigenvalue weighted by Gasteiger charge is 2.20. The Hall–Kier alpha value is -2.03. The van der Waals surface area contributed by atoms with E-state index in [2.05, 4.69) is 6.58 Å². The van der Waals surface area contributed by atoms with Gasteiger partial charge < -0.3 is 0 Å². The summed E-state index contributed by atoms with van der Waals surface area (Å²) in [6, 6.07) is 6.67. The minimum absolute atomic E-state index is 0.0525. The first kappa shape index (κ1) is 15.4. The van der Waals surface area contributed by atoms with Crippen molar-refractivity contribution < 1.29 is 13.2 Å². The summed E-state index contributed by atoms with van der Waals surface area (Å²) in [5, 5.41) is 0. The summed E-state index contributed by atoms with van der Waals surface area (Å²) < 4.78 is 41.2. The van der Waals surface area contributed by atoms with Gasteiger partial charge >= 0.3 is 0 Å². The van der Waals surface area contributed by atoms with E-state index < -0.39 is 17.5 Å². The number of hydrogen-bond acceptors (Lipinski definition) is 0. The lowest BCUT2D eigenvalue weighted by Gasteiger charge is -2.19. The Balaban J connectivity index is 2.82. The number of allylic oxidation sites excluding steroid dienone is 1. The summed E-state index contributed by atoms with van der Waals surface area (Å²) in [7, 11) is 0. The highest BCUT2D eigenvalue weighted by molar-refractivity contribution is 5.77. The zero-order valence-corrected chi connectivity index (χ0v) is 12.3. The number of hydrogen-bond donors (Lipinski definition) is 0. The molecule has 0 aliphatic carbocycles. The van der Waals surface area contributed by atoms with Crippen molar-refractivity contribution in [3.8, 4) is 11.1 Å². The van der Waals surface area contributed by atoms with E-state index in [4.69, 9.17) is 0 Å². The van der Waals surface area contributed by atoms with Crippen LogP contribution in [0.3, 0.4) is 0 Å². The Bertz CT molecular complexity index is 677. The second-order valence-corrected chi connectivity index (χ2v) is 5.45. The molecule has 3 heteroatoms. The van der Waals surface area contributed by atoms with Crippen LogP contribution in [-0.2, 0) is 0 Å². The van der Waals surface area contributed by atoms with Gasteiger partial charge in [-0.3, -0.25) is 0 Å². The minimum Gasteiger partial charge on any atom is -0.207 e. The fourth-order valence-electron chi connectivity index (χ4n) is 2.58. The van der Waals surface area contributed by atoms with E-state index in [0.29, 0.717) is 17.7 Å². The van der Waals surface area contributed by atoms with Crippen molar-refractivity contribution in [1.82, 2.24) is 0 Å². The Labute approximate surface area is 122 Å². The standard InChI is InChI=1S/C18H17F3/c1-10(2)13-6-5-7-14(17(13)11(3)4)18-15(20)8-12(19)9-16(18)21/h5-9,11H,1H2,2-4H3. The Morgan fingerprint density at radius 1 is 1.05 bits per heavy atom. The third kappa shape index (κ3) is 2.87. The van der Waals surface area contributed by atoms with E-state index in [1.807, 2.05) is 26.8 Å². The zero-order valence-electron chi connectivity index (χ0n) is 12.3. The van der Waals surface area contributed by atoms with Crippen molar-refractivity contribution >= 4 is 5.57 Å². The van der Waals surface area contributed by atoms with Crippen molar-refractivity contribution in [3.05, 3.63) is 65.5 Å². The first-order valence-electron chi connectivity index (χ1n) is 6.76. The lowest BCUT2D eigenvalue weighted by molar-refractivity contribution is 0.547. The van der Waals surface area contributed by atoms with Crippen LogP contribution in [0.25, 0.3) is 16.7 Å². The van der Waals surface area contributed by atoms with Gasteiger partial charge in [-0.25, -0.2) is 13.2 Å². The topological polar surface area (TPSA) is 0 Å². The molecule has 0 aliphatic rings. The van der Waals surface area contributed by atoms with Crippen LogP contribution in [0.4, 0.5) is 13.2 Å². The Morgan fingerprint density at radius 2 is 1.62 bits per heavy atom. The second-order valence-electron chi connectivity index (χ2n) is 5.45. The van der Waals surface area contributed by atoms with Gasteiger partial charge in [0.15, 0.2) is 0 Å². The van der Waals surface area contributed by atoms with E-state index in [0.717, 1.165) is 16.7 Å². The van der Waals surface area contributed by atoms with Crippen LogP contribution in [0.1, 0.15) is 37.8 Å². The molecule has 0 spiro atoms. The van der Waals surface area contributed by atoms with Crippen LogP contribution in [0.2, 0.25) is 0 Å². The molecule has 0 radical (unpaired) electrons. The van der Waals surface area contributed by atoms with Crippen molar-refractivity contribution in [2.75, 3.05) is 0 Å². The lowest BCUT2D eigenvalue weighted by atomic mass is 9.86. The molecule has 2 rings (SSSR count). The largest absolute Gasteiger partial charge is 0.207 e. The normalized spacial score (nSPS) is 11.0. The molecule has 0 bridgehead atoms. The maximum Gasteiger partial charge on any atom is 0.136 e. The molecule has 0 saturated heterocycles. The summed E-state index contributed by atoms with van der Waals surface area (Å²) in [5.74, 6) is -2.66. The van der Waals surface area contributed by atoms with Gasteiger partial charge in [-0.1, -0.05) is 44.2 Å². The predicted octanol–water partition coefficient (Wildman–Crippen LogP) is 5.93. The van der Waals surface area contributed by atoms with Gasteiger partial charge in [0.1, 0.15) is 17.5 Å². The van der Waals surface area contributed by atoms with Crippen molar-refractivity contribution in [2.24, 2.45) is 0 Å². The fourth-order valence-corrected chi connectivity index (χ4v) is 2.58. The van der Waals surface area contributed by atoms with Gasteiger partial charge in [0.25, 0.3) is 0 Å². The molecule has 0 fully saturated rings. The molecule has 0 atom stereocenters. The van der Waals surface area contributed by atoms with Crippen LogP contribution >= 0.6 is 0 Å². The van der Waals surface area contributed by atoms with E-state index in [1.165, 1.54) is 0 Å². The molecule has 0 aliphatic heterocycles. The maximum absolute atomic E-state index is 14.1. The van der Waals surface area contributed by atoms with Crippen LogP contribution in [0, 0.1) is 17.5 Å². The summed E-state index contributed by atoms with van der Waals surface area (Å²) in [6.07, 6.45) is 0. The highest BCUT2D eigenvalue weighted by atomic mass is 19.1. The van der Waals surface area contributed by atoms with Gasteiger partial charge in [-0.2, -0.15) is 0 Å². The summed E-state index contributed by atoms with van der Waals surface area (Å²) in [6.45, 7) is 9.66. The Morgan fingerprint density at radius 3 is 2.10 bits per heavy atom. The van der Waals surface area contributed by atoms with E-state index >= 15 is 0 Å². The SMILES string of the molecule is C=C(C)c1cccc(-c2c(F)cc(F)cc2F)c1C(C)C. The molecule has 2 aromatic rings. The lowest BCUT2D eigenvalue weighted by Crippen LogP contribution is -2.01. The van der Waals surface area contributed by atoms with Gasteiger partial charge in [-0.15, -0.1) is 0 Å². The van der Waals surface area contributed by atoms with Gasteiger partial charge in [0, 0.05) is 12.1 Å². The van der Waals surface area contributed by atoms with Crippen molar-refractivity contribution in [3.63, 3.8) is 0 Å². The molecule has 110 valence electrons. The molecule has 0 heterocycles. The average Bonchev–Trinajstić information content (AvgIpc) is 2.36. The monoisotopic (exact) mass is 290 g/mol. The van der Waals surface area contributed by atoms with E-state index in [9.17, 15) is 13.2 Å². The molecule has 0 unspecified atom stereocenters. The smallest absolute Gasteiger partial charge is 0.136 e. The highest BCUT2D eigenvalue weighted by Crippen LogP contribution is 2.37. The number of halogens is 3. The molecular formula is C18H17F3. The van der Waals surface area contributed by atoms with Crippen molar-refractivity contribution in [2.45, 2.75) is 26.7 Å². The molecule has 0 aromatic heterocycles. The van der Waals surface area contributed by atoms with Gasteiger partial charge in [0.05, 0.1) is 5.56 Å². The number of rotatable bonds is 3. The molecular weight excluding hydrogens is 273 g/mol. The van der Waals surface area contributed by atoms with E-state index in [-0.39, 0.29) is 11.5 Å². The van der Waals surface area contributed by atoms with Crippen LogP contribution in [0.5, 0.6) is 0 Å². The molecule has 2 aromatic carbocycles. The van der Waals surface area contributed by atoms with Crippen molar-refractivity contribution in [1.29, 1.82) is 0 Å². The van der Waals surface area contributed by atoms with Gasteiger partial charge in [0.2, 0.25) is 0 Å². The van der Waals surface area contributed by atoms with Crippen LogP contribution in [0.15, 0.2) is 36.9 Å². The Kier molecular flexibility index (Phi) is 4.21. The summed E-state index contributed by atoms with van der Waals surface area (Å²) >= 11 is 0. The molecule has 0 N–H and O–H groups in total. The summed E-state index contributed by atoms with van der Waals surface area (Å²) in [5.41, 5.74) is 2.76. The molecule has 0 nitrogen and oxygen atoms in total. The third-order valence-corrected chi connectivity index (χ3v) is 3.42. The maximum atomic E-state index is 14.1. The predicted molar refractivity (Wildman–Crippen MR) is 80.5 cm³/mol. The first-order chi connectivity index (χ1) is 9.82. The van der Waals surface area contributed by atoms with E-state index in [1.54, 1.807) is 12.1 Å².